The molecular formula is C14H29NOS. The summed E-state index contributed by atoms with van der Waals surface area (Å²) in [5, 5.41) is 4.31. The van der Waals surface area contributed by atoms with Gasteiger partial charge in [0.05, 0.1) is 5.25 Å². The average molecular weight is 259 g/mol. The van der Waals surface area contributed by atoms with Crippen molar-refractivity contribution in [2.75, 3.05) is 6.54 Å². The molecule has 0 aromatic heterocycles. The first-order chi connectivity index (χ1) is 8.16. The van der Waals surface area contributed by atoms with Gasteiger partial charge in [0.1, 0.15) is 0 Å². The maximum Gasteiger partial charge on any atom is 0.0503 e. The molecule has 2 nitrogen and oxygen atoms in total. The largest absolute Gasteiger partial charge is 0.313 e. The Morgan fingerprint density at radius 3 is 2.41 bits per heavy atom. The van der Waals surface area contributed by atoms with Crippen LogP contribution in [0, 0.1) is 0 Å². The van der Waals surface area contributed by atoms with E-state index in [2.05, 4.69) is 26.1 Å². The van der Waals surface area contributed by atoms with Crippen LogP contribution in [0.4, 0.5) is 0 Å². The van der Waals surface area contributed by atoms with Crippen molar-refractivity contribution in [2.24, 2.45) is 0 Å². The molecule has 0 radical (unpaired) electrons. The Bertz CT molecular complexity index is 228. The van der Waals surface area contributed by atoms with Crippen molar-refractivity contribution in [1.29, 1.82) is 0 Å². The molecule has 17 heavy (non-hydrogen) atoms. The maximum absolute atomic E-state index is 12.4. The summed E-state index contributed by atoms with van der Waals surface area (Å²) < 4.78 is 12.4. The van der Waals surface area contributed by atoms with E-state index < -0.39 is 10.8 Å². The first kappa shape index (κ1) is 15.2. The van der Waals surface area contributed by atoms with Crippen LogP contribution in [-0.4, -0.2) is 27.3 Å². The van der Waals surface area contributed by atoms with Crippen molar-refractivity contribution in [2.45, 2.75) is 82.3 Å². The highest BCUT2D eigenvalue weighted by Gasteiger charge is 2.28. The Kier molecular flexibility index (Phi) is 7.36. The van der Waals surface area contributed by atoms with E-state index in [4.69, 9.17) is 0 Å². The number of hydrogen-bond donors (Lipinski definition) is 1. The van der Waals surface area contributed by atoms with Gasteiger partial charge in [0, 0.05) is 22.1 Å². The molecule has 0 bridgehead atoms. The van der Waals surface area contributed by atoms with Crippen molar-refractivity contribution >= 4 is 10.8 Å². The van der Waals surface area contributed by atoms with Gasteiger partial charge in [0.2, 0.25) is 0 Å². The molecule has 1 rings (SSSR count). The standard InChI is InChI=1S/C14H29NOS/c1-4-11-15-13-9-7-5-6-8-10-14(13)17(16)12(2)3/h12-15H,4-11H2,1-3H3. The molecule has 0 spiro atoms. The summed E-state index contributed by atoms with van der Waals surface area (Å²) in [4.78, 5) is 0. The topological polar surface area (TPSA) is 29.1 Å². The lowest BCUT2D eigenvalue weighted by Crippen LogP contribution is -2.44. The summed E-state index contributed by atoms with van der Waals surface area (Å²) in [5.74, 6) is 0. The second-order valence-corrected chi connectivity index (χ2v) is 7.67. The second-order valence-electron chi connectivity index (χ2n) is 5.47. The molecule has 1 fully saturated rings. The Morgan fingerprint density at radius 1 is 1.18 bits per heavy atom. The van der Waals surface area contributed by atoms with E-state index in [0.29, 0.717) is 16.5 Å². The van der Waals surface area contributed by atoms with Crippen LogP contribution >= 0.6 is 0 Å². The second kappa shape index (κ2) is 8.25. The highest BCUT2D eigenvalue weighted by atomic mass is 32.2. The third-order valence-electron chi connectivity index (χ3n) is 3.62. The highest BCUT2D eigenvalue weighted by Crippen LogP contribution is 2.23. The van der Waals surface area contributed by atoms with Crippen molar-refractivity contribution < 1.29 is 4.21 Å². The lowest BCUT2D eigenvalue weighted by atomic mass is 9.96. The van der Waals surface area contributed by atoms with Crippen molar-refractivity contribution in [3.63, 3.8) is 0 Å². The molecule has 1 aliphatic carbocycles. The van der Waals surface area contributed by atoms with Crippen LogP contribution in [0.5, 0.6) is 0 Å². The smallest absolute Gasteiger partial charge is 0.0503 e. The van der Waals surface area contributed by atoms with Gasteiger partial charge >= 0.3 is 0 Å². The zero-order valence-corrected chi connectivity index (χ0v) is 12.5. The van der Waals surface area contributed by atoms with E-state index in [-0.39, 0.29) is 0 Å². The van der Waals surface area contributed by atoms with Gasteiger partial charge in [0.15, 0.2) is 0 Å². The van der Waals surface area contributed by atoms with Crippen molar-refractivity contribution in [3.05, 3.63) is 0 Å². The van der Waals surface area contributed by atoms with Gasteiger partial charge in [-0.25, -0.2) is 0 Å². The number of nitrogens with one attached hydrogen (secondary N) is 1. The summed E-state index contributed by atoms with van der Waals surface area (Å²) in [6.45, 7) is 7.44. The molecule has 0 amide bonds. The molecule has 0 aromatic rings. The fraction of sp³-hybridized carbons (Fsp3) is 1.00. The first-order valence-corrected chi connectivity index (χ1v) is 8.57. The first-order valence-electron chi connectivity index (χ1n) is 7.29. The van der Waals surface area contributed by atoms with Crippen LogP contribution < -0.4 is 5.32 Å². The fourth-order valence-corrected chi connectivity index (χ4v) is 4.30. The summed E-state index contributed by atoms with van der Waals surface area (Å²) in [7, 11) is -0.673. The fourth-order valence-electron chi connectivity index (χ4n) is 2.64. The monoisotopic (exact) mass is 259 g/mol. The van der Waals surface area contributed by atoms with Gasteiger partial charge in [0.25, 0.3) is 0 Å². The lowest BCUT2D eigenvalue weighted by Gasteiger charge is -2.30. The molecule has 0 aromatic carbocycles. The number of rotatable bonds is 5. The summed E-state index contributed by atoms with van der Waals surface area (Å²) in [6, 6.07) is 0.485. The van der Waals surface area contributed by atoms with Crippen LogP contribution in [0.15, 0.2) is 0 Å². The van der Waals surface area contributed by atoms with Crippen molar-refractivity contribution in [3.8, 4) is 0 Å². The van der Waals surface area contributed by atoms with Crippen LogP contribution in [0.3, 0.4) is 0 Å². The van der Waals surface area contributed by atoms with E-state index >= 15 is 0 Å². The third-order valence-corrected chi connectivity index (χ3v) is 5.71. The molecule has 102 valence electrons. The minimum absolute atomic E-state index is 0.297. The Labute approximate surface area is 109 Å². The van der Waals surface area contributed by atoms with Crippen molar-refractivity contribution in [1.82, 2.24) is 5.32 Å². The van der Waals surface area contributed by atoms with Crippen LogP contribution in [-0.2, 0) is 10.8 Å². The highest BCUT2D eigenvalue weighted by molar-refractivity contribution is 7.86. The van der Waals surface area contributed by atoms with Gasteiger partial charge in [-0.05, 0) is 25.8 Å². The minimum atomic E-state index is -0.673. The van der Waals surface area contributed by atoms with Gasteiger partial charge < -0.3 is 5.32 Å². The van der Waals surface area contributed by atoms with Crippen LogP contribution in [0.2, 0.25) is 0 Å². The molecule has 0 aliphatic heterocycles. The maximum atomic E-state index is 12.4. The van der Waals surface area contributed by atoms with E-state index in [1.54, 1.807) is 0 Å². The quantitative estimate of drug-likeness (QED) is 0.821. The van der Waals surface area contributed by atoms with Gasteiger partial charge in [-0.15, -0.1) is 0 Å². The van der Waals surface area contributed by atoms with E-state index in [1.165, 1.54) is 32.1 Å². The molecule has 3 atom stereocenters. The molecule has 0 heterocycles. The SMILES string of the molecule is CCCNC1CCCCCCC1S(=O)C(C)C. The van der Waals surface area contributed by atoms with Gasteiger partial charge in [-0.3, -0.25) is 4.21 Å². The molecule has 3 unspecified atom stereocenters. The Hall–Kier alpha value is 0.110. The summed E-state index contributed by atoms with van der Waals surface area (Å²) in [5.41, 5.74) is 0. The molecular weight excluding hydrogens is 230 g/mol. The Morgan fingerprint density at radius 2 is 1.82 bits per heavy atom. The third kappa shape index (κ3) is 5.09. The van der Waals surface area contributed by atoms with Crippen LogP contribution in [0.25, 0.3) is 0 Å². The van der Waals surface area contributed by atoms with Crippen LogP contribution in [0.1, 0.15) is 65.7 Å². The van der Waals surface area contributed by atoms with E-state index in [1.807, 2.05) is 0 Å². The van der Waals surface area contributed by atoms with Gasteiger partial charge in [-0.1, -0.05) is 46.5 Å². The lowest BCUT2D eigenvalue weighted by molar-refractivity contribution is 0.394. The minimum Gasteiger partial charge on any atom is -0.313 e. The normalized spacial score (nSPS) is 28.7. The average Bonchev–Trinajstić information content (AvgIpc) is 2.27. The van der Waals surface area contributed by atoms with Gasteiger partial charge in [-0.2, -0.15) is 0 Å². The summed E-state index contributed by atoms with van der Waals surface area (Å²) in [6.07, 6.45) is 8.76. The molecule has 1 N–H and O–H groups in total. The Balaban J connectivity index is 2.64. The molecule has 1 aliphatic rings. The van der Waals surface area contributed by atoms with E-state index in [9.17, 15) is 4.21 Å². The van der Waals surface area contributed by atoms with E-state index in [0.717, 1.165) is 19.4 Å². The zero-order chi connectivity index (χ0) is 12.7. The molecule has 1 saturated carbocycles. The predicted octanol–water partition coefficient (Wildman–Crippen LogP) is 3.23. The summed E-state index contributed by atoms with van der Waals surface area (Å²) >= 11 is 0. The zero-order valence-electron chi connectivity index (χ0n) is 11.7. The molecule has 3 heteroatoms. The predicted molar refractivity (Wildman–Crippen MR) is 76.9 cm³/mol. The molecule has 0 saturated heterocycles. The number of hydrogen-bond acceptors (Lipinski definition) is 2.